The molecule has 9 heteroatoms. The van der Waals surface area contributed by atoms with Crippen molar-refractivity contribution in [3.8, 4) is 5.75 Å². The molecular formula is C19H17BrN2O5S. The molecule has 2 N–H and O–H groups in total. The van der Waals surface area contributed by atoms with Crippen LogP contribution in [0.3, 0.4) is 0 Å². The molecule has 3 aromatic rings. The number of halogens is 1. The molecule has 1 amide bonds. The van der Waals surface area contributed by atoms with E-state index in [1.165, 1.54) is 19.2 Å². The SMILES string of the molecule is COc1ccc(NC(=O)c2ccc(C)o2)cc1S(=O)(=O)Nc1ccc(Br)cc1. The maximum atomic E-state index is 12.8. The lowest BCUT2D eigenvalue weighted by Crippen LogP contribution is -2.16. The van der Waals surface area contributed by atoms with E-state index in [9.17, 15) is 13.2 Å². The van der Waals surface area contributed by atoms with Gasteiger partial charge in [-0.15, -0.1) is 0 Å². The summed E-state index contributed by atoms with van der Waals surface area (Å²) in [7, 11) is -2.58. The van der Waals surface area contributed by atoms with Gasteiger partial charge in [0, 0.05) is 15.8 Å². The predicted molar refractivity (Wildman–Crippen MR) is 109 cm³/mol. The molecule has 0 fully saturated rings. The minimum absolute atomic E-state index is 0.105. The van der Waals surface area contributed by atoms with Crippen molar-refractivity contribution in [3.63, 3.8) is 0 Å². The molecule has 1 aromatic heterocycles. The molecule has 3 rings (SSSR count). The van der Waals surface area contributed by atoms with Crippen LogP contribution in [0.1, 0.15) is 16.3 Å². The molecule has 0 aliphatic rings. The van der Waals surface area contributed by atoms with Crippen molar-refractivity contribution < 1.29 is 22.4 Å². The molecule has 0 aliphatic carbocycles. The first-order chi connectivity index (χ1) is 13.3. The summed E-state index contributed by atoms with van der Waals surface area (Å²) in [5.74, 6) is 0.395. The third kappa shape index (κ3) is 4.55. The second-order valence-electron chi connectivity index (χ2n) is 5.84. The Bertz CT molecular complexity index is 1110. The van der Waals surface area contributed by atoms with Crippen LogP contribution in [0.4, 0.5) is 11.4 Å². The molecule has 0 saturated heterocycles. The Hall–Kier alpha value is -2.78. The van der Waals surface area contributed by atoms with Gasteiger partial charge in [-0.2, -0.15) is 0 Å². The molecule has 0 spiro atoms. The number of nitrogens with one attached hydrogen (secondary N) is 2. The van der Waals surface area contributed by atoms with E-state index in [4.69, 9.17) is 9.15 Å². The lowest BCUT2D eigenvalue weighted by Gasteiger charge is -2.13. The van der Waals surface area contributed by atoms with Gasteiger partial charge >= 0.3 is 0 Å². The number of hydrogen-bond acceptors (Lipinski definition) is 5. The summed E-state index contributed by atoms with van der Waals surface area (Å²) < 4.78 is 39.5. The minimum atomic E-state index is -3.95. The van der Waals surface area contributed by atoms with Crippen LogP contribution in [0.25, 0.3) is 0 Å². The summed E-state index contributed by atoms with van der Waals surface area (Å²) in [6, 6.07) is 14.2. The Morgan fingerprint density at radius 3 is 2.32 bits per heavy atom. The Kier molecular flexibility index (Phi) is 5.76. The number of rotatable bonds is 6. The first-order valence-corrected chi connectivity index (χ1v) is 10.4. The monoisotopic (exact) mass is 464 g/mol. The minimum Gasteiger partial charge on any atom is -0.495 e. The molecule has 7 nitrogen and oxygen atoms in total. The van der Waals surface area contributed by atoms with E-state index in [0.29, 0.717) is 11.4 Å². The fourth-order valence-electron chi connectivity index (χ4n) is 2.44. The number of ether oxygens (including phenoxy) is 1. The number of methoxy groups -OCH3 is 1. The fraction of sp³-hybridized carbons (Fsp3) is 0.105. The van der Waals surface area contributed by atoms with E-state index in [1.54, 1.807) is 49.4 Å². The van der Waals surface area contributed by atoms with Gasteiger partial charge in [0.15, 0.2) is 5.76 Å². The quantitative estimate of drug-likeness (QED) is 0.562. The standard InChI is InChI=1S/C19H17BrN2O5S/c1-12-3-9-17(27-12)19(23)21-15-8-10-16(26-2)18(11-15)28(24,25)22-14-6-4-13(20)5-7-14/h3-11,22H,1-2H3,(H,21,23). The van der Waals surface area contributed by atoms with E-state index in [0.717, 1.165) is 4.47 Å². The molecule has 2 aromatic carbocycles. The van der Waals surface area contributed by atoms with Gasteiger partial charge in [0.1, 0.15) is 16.4 Å². The van der Waals surface area contributed by atoms with Crippen molar-refractivity contribution in [2.24, 2.45) is 0 Å². The Morgan fingerprint density at radius 2 is 1.71 bits per heavy atom. The highest BCUT2D eigenvalue weighted by molar-refractivity contribution is 9.10. The largest absolute Gasteiger partial charge is 0.495 e. The summed E-state index contributed by atoms with van der Waals surface area (Å²) in [6.45, 7) is 1.72. The lowest BCUT2D eigenvalue weighted by molar-refractivity contribution is 0.0995. The number of furan rings is 1. The van der Waals surface area contributed by atoms with Gasteiger partial charge in [-0.05, 0) is 61.5 Å². The smallest absolute Gasteiger partial charge is 0.291 e. The van der Waals surface area contributed by atoms with Crippen molar-refractivity contribution in [2.45, 2.75) is 11.8 Å². The van der Waals surface area contributed by atoms with Gasteiger partial charge in [0.05, 0.1) is 7.11 Å². The topological polar surface area (TPSA) is 97.6 Å². The second-order valence-corrected chi connectivity index (χ2v) is 8.41. The van der Waals surface area contributed by atoms with Crippen molar-refractivity contribution in [2.75, 3.05) is 17.1 Å². The van der Waals surface area contributed by atoms with Crippen molar-refractivity contribution >= 4 is 43.2 Å². The molecule has 0 atom stereocenters. The summed E-state index contributed by atoms with van der Waals surface area (Å²) in [5, 5.41) is 2.62. The number of anilines is 2. The number of benzene rings is 2. The number of carbonyl (C=O) groups excluding carboxylic acids is 1. The fourth-order valence-corrected chi connectivity index (χ4v) is 3.96. The third-order valence-electron chi connectivity index (χ3n) is 3.77. The molecule has 146 valence electrons. The van der Waals surface area contributed by atoms with Gasteiger partial charge < -0.3 is 14.5 Å². The number of sulfonamides is 1. The molecule has 28 heavy (non-hydrogen) atoms. The molecule has 0 radical (unpaired) electrons. The Morgan fingerprint density at radius 1 is 1.04 bits per heavy atom. The number of hydrogen-bond donors (Lipinski definition) is 2. The molecule has 1 heterocycles. The molecule has 0 unspecified atom stereocenters. The maximum Gasteiger partial charge on any atom is 0.291 e. The zero-order valence-corrected chi connectivity index (χ0v) is 17.4. The zero-order chi connectivity index (χ0) is 20.3. The van der Waals surface area contributed by atoms with Crippen LogP contribution in [-0.4, -0.2) is 21.4 Å². The van der Waals surface area contributed by atoms with Gasteiger partial charge in [-0.3, -0.25) is 9.52 Å². The van der Waals surface area contributed by atoms with E-state index in [1.807, 2.05) is 0 Å². The van der Waals surface area contributed by atoms with Crippen LogP contribution in [0, 0.1) is 6.92 Å². The number of carbonyl (C=O) groups is 1. The van der Waals surface area contributed by atoms with E-state index < -0.39 is 15.9 Å². The van der Waals surface area contributed by atoms with Crippen molar-refractivity contribution in [3.05, 3.63) is 70.6 Å². The number of amides is 1. The molecule has 0 aliphatic heterocycles. The molecular weight excluding hydrogens is 448 g/mol. The average Bonchev–Trinajstić information content (AvgIpc) is 3.10. The summed E-state index contributed by atoms with van der Waals surface area (Å²) in [4.78, 5) is 12.2. The van der Waals surface area contributed by atoms with E-state index >= 15 is 0 Å². The number of aryl methyl sites for hydroxylation is 1. The van der Waals surface area contributed by atoms with Crippen LogP contribution in [0.15, 0.2) is 68.4 Å². The highest BCUT2D eigenvalue weighted by Gasteiger charge is 2.21. The summed E-state index contributed by atoms with van der Waals surface area (Å²) in [5.41, 5.74) is 0.682. The van der Waals surface area contributed by atoms with Crippen molar-refractivity contribution in [1.82, 2.24) is 0 Å². The van der Waals surface area contributed by atoms with Crippen LogP contribution >= 0.6 is 15.9 Å². The van der Waals surface area contributed by atoms with E-state index in [-0.39, 0.29) is 22.1 Å². The first kappa shape index (κ1) is 20.0. The van der Waals surface area contributed by atoms with Gasteiger partial charge in [-0.25, -0.2) is 8.42 Å². The van der Waals surface area contributed by atoms with Crippen LogP contribution < -0.4 is 14.8 Å². The maximum absolute atomic E-state index is 12.8. The summed E-state index contributed by atoms with van der Waals surface area (Å²) >= 11 is 3.30. The van der Waals surface area contributed by atoms with Crippen LogP contribution in [-0.2, 0) is 10.0 Å². The first-order valence-electron chi connectivity index (χ1n) is 8.13. The predicted octanol–water partition coefficient (Wildman–Crippen LogP) is 4.41. The van der Waals surface area contributed by atoms with Gasteiger partial charge in [0.2, 0.25) is 0 Å². The lowest BCUT2D eigenvalue weighted by atomic mass is 10.3. The van der Waals surface area contributed by atoms with Gasteiger partial charge in [-0.1, -0.05) is 15.9 Å². The Balaban J connectivity index is 1.89. The van der Waals surface area contributed by atoms with Gasteiger partial charge in [0.25, 0.3) is 15.9 Å². The zero-order valence-electron chi connectivity index (χ0n) is 15.0. The highest BCUT2D eigenvalue weighted by atomic mass is 79.9. The summed E-state index contributed by atoms with van der Waals surface area (Å²) in [6.07, 6.45) is 0. The van der Waals surface area contributed by atoms with Crippen LogP contribution in [0.2, 0.25) is 0 Å². The Labute approximate surface area is 170 Å². The molecule has 0 bridgehead atoms. The second kappa shape index (κ2) is 8.07. The highest BCUT2D eigenvalue weighted by Crippen LogP contribution is 2.29. The van der Waals surface area contributed by atoms with Crippen molar-refractivity contribution in [1.29, 1.82) is 0 Å². The normalized spacial score (nSPS) is 11.1. The van der Waals surface area contributed by atoms with Crippen LogP contribution in [0.5, 0.6) is 5.75 Å². The van der Waals surface area contributed by atoms with E-state index in [2.05, 4.69) is 26.0 Å². The molecule has 0 saturated carbocycles. The average molecular weight is 465 g/mol. The third-order valence-corrected chi connectivity index (χ3v) is 5.70.